The molecule has 4 nitrogen and oxygen atoms in total. The number of aromatic nitrogens is 1. The van der Waals surface area contributed by atoms with Gasteiger partial charge in [0.25, 0.3) is 0 Å². The number of methoxy groups -OCH3 is 1. The lowest BCUT2D eigenvalue weighted by Gasteiger charge is -2.10. The van der Waals surface area contributed by atoms with Crippen LogP contribution in [0.15, 0.2) is 24.3 Å². The molecule has 0 amide bonds. The molecule has 0 spiro atoms. The summed E-state index contributed by atoms with van der Waals surface area (Å²) in [6, 6.07) is 7.99. The van der Waals surface area contributed by atoms with Crippen molar-refractivity contribution in [2.75, 3.05) is 20.3 Å². The first-order valence-electron chi connectivity index (χ1n) is 6.44. The molecule has 0 atom stereocenters. The Balaban J connectivity index is 2.58. The number of nitrogens with zero attached hydrogens (tertiary/aromatic N) is 1. The van der Waals surface area contributed by atoms with Crippen LogP contribution in [0.1, 0.15) is 23.0 Å². The van der Waals surface area contributed by atoms with Crippen LogP contribution in [0.2, 0.25) is 0 Å². The van der Waals surface area contributed by atoms with Crippen molar-refractivity contribution in [3.63, 3.8) is 0 Å². The Morgan fingerprint density at radius 3 is 2.74 bits per heavy atom. The standard InChI is InChI=1S/C15H19NO3/c1-4-19-15(17)14-11(2)12-7-5-6-8-13(12)16(14)9-10-18-3/h5-8H,4,9-10H2,1-3H3. The van der Waals surface area contributed by atoms with Crippen LogP contribution in [-0.4, -0.2) is 30.9 Å². The van der Waals surface area contributed by atoms with Gasteiger partial charge in [0.1, 0.15) is 5.69 Å². The van der Waals surface area contributed by atoms with E-state index in [1.807, 2.05) is 42.7 Å². The van der Waals surface area contributed by atoms with Crippen LogP contribution < -0.4 is 0 Å². The molecule has 0 radical (unpaired) electrons. The predicted octanol–water partition coefficient (Wildman–Crippen LogP) is 2.77. The highest BCUT2D eigenvalue weighted by Gasteiger charge is 2.20. The summed E-state index contributed by atoms with van der Waals surface area (Å²) in [7, 11) is 1.66. The van der Waals surface area contributed by atoms with Gasteiger partial charge in [-0.2, -0.15) is 0 Å². The summed E-state index contributed by atoms with van der Waals surface area (Å²) < 4.78 is 12.3. The van der Waals surface area contributed by atoms with Gasteiger partial charge < -0.3 is 14.0 Å². The van der Waals surface area contributed by atoms with E-state index in [1.165, 1.54) is 0 Å². The fourth-order valence-corrected chi connectivity index (χ4v) is 2.35. The average molecular weight is 261 g/mol. The number of carbonyl (C=O) groups is 1. The van der Waals surface area contributed by atoms with Crippen LogP contribution in [0.5, 0.6) is 0 Å². The second-order valence-corrected chi connectivity index (χ2v) is 4.36. The maximum absolute atomic E-state index is 12.1. The molecule has 0 fully saturated rings. The molecule has 102 valence electrons. The van der Waals surface area contributed by atoms with Gasteiger partial charge in [-0.15, -0.1) is 0 Å². The summed E-state index contributed by atoms with van der Waals surface area (Å²) in [5.74, 6) is -0.271. The van der Waals surface area contributed by atoms with E-state index in [-0.39, 0.29) is 5.97 Å². The van der Waals surface area contributed by atoms with Gasteiger partial charge in [0.2, 0.25) is 0 Å². The van der Waals surface area contributed by atoms with Gasteiger partial charge in [0.15, 0.2) is 0 Å². The van der Waals surface area contributed by atoms with Crippen molar-refractivity contribution in [1.82, 2.24) is 4.57 Å². The zero-order valence-corrected chi connectivity index (χ0v) is 11.6. The third-order valence-corrected chi connectivity index (χ3v) is 3.21. The Hall–Kier alpha value is -1.81. The molecule has 1 aromatic carbocycles. The van der Waals surface area contributed by atoms with Crippen LogP contribution in [-0.2, 0) is 16.0 Å². The van der Waals surface area contributed by atoms with Crippen molar-refractivity contribution >= 4 is 16.9 Å². The van der Waals surface area contributed by atoms with E-state index < -0.39 is 0 Å². The lowest BCUT2D eigenvalue weighted by Crippen LogP contribution is -2.15. The minimum atomic E-state index is -0.271. The van der Waals surface area contributed by atoms with Crippen LogP contribution in [0.4, 0.5) is 0 Å². The maximum Gasteiger partial charge on any atom is 0.355 e. The SMILES string of the molecule is CCOC(=O)c1c(C)c2ccccc2n1CCOC. The van der Waals surface area contributed by atoms with Crippen molar-refractivity contribution in [2.45, 2.75) is 20.4 Å². The summed E-state index contributed by atoms with van der Waals surface area (Å²) >= 11 is 0. The highest BCUT2D eigenvalue weighted by Crippen LogP contribution is 2.26. The molecule has 19 heavy (non-hydrogen) atoms. The number of fused-ring (bicyclic) bond motifs is 1. The molecule has 1 aromatic heterocycles. The minimum Gasteiger partial charge on any atom is -0.461 e. The van der Waals surface area contributed by atoms with Crippen LogP contribution in [0.25, 0.3) is 10.9 Å². The number of ether oxygens (including phenoxy) is 2. The van der Waals surface area contributed by atoms with Gasteiger partial charge in [-0.3, -0.25) is 0 Å². The van der Waals surface area contributed by atoms with E-state index in [0.29, 0.717) is 25.5 Å². The number of esters is 1. The molecule has 2 rings (SSSR count). The normalized spacial score (nSPS) is 10.9. The fraction of sp³-hybridized carbons (Fsp3) is 0.400. The molecule has 0 saturated carbocycles. The summed E-state index contributed by atoms with van der Waals surface area (Å²) in [4.78, 5) is 12.1. The fourth-order valence-electron chi connectivity index (χ4n) is 2.35. The van der Waals surface area contributed by atoms with Gasteiger partial charge in [-0.1, -0.05) is 18.2 Å². The zero-order valence-electron chi connectivity index (χ0n) is 11.6. The minimum absolute atomic E-state index is 0.271. The van der Waals surface area contributed by atoms with Gasteiger partial charge in [0, 0.05) is 24.6 Å². The topological polar surface area (TPSA) is 40.5 Å². The largest absolute Gasteiger partial charge is 0.461 e. The maximum atomic E-state index is 12.1. The van der Waals surface area contributed by atoms with Crippen molar-refractivity contribution in [2.24, 2.45) is 0 Å². The summed E-state index contributed by atoms with van der Waals surface area (Å²) in [5, 5.41) is 1.08. The number of hydrogen-bond donors (Lipinski definition) is 0. The molecular formula is C15H19NO3. The highest BCUT2D eigenvalue weighted by molar-refractivity contribution is 5.98. The number of benzene rings is 1. The molecule has 0 aliphatic rings. The van der Waals surface area contributed by atoms with E-state index in [9.17, 15) is 4.79 Å². The van der Waals surface area contributed by atoms with Gasteiger partial charge in [0.05, 0.1) is 13.2 Å². The second-order valence-electron chi connectivity index (χ2n) is 4.36. The lowest BCUT2D eigenvalue weighted by molar-refractivity contribution is 0.0511. The third-order valence-electron chi connectivity index (χ3n) is 3.21. The van der Waals surface area contributed by atoms with Crippen molar-refractivity contribution in [1.29, 1.82) is 0 Å². The Labute approximate surface area is 112 Å². The van der Waals surface area contributed by atoms with E-state index in [0.717, 1.165) is 16.5 Å². The zero-order chi connectivity index (χ0) is 13.8. The second kappa shape index (κ2) is 5.89. The van der Waals surface area contributed by atoms with Crippen LogP contribution in [0, 0.1) is 6.92 Å². The smallest absolute Gasteiger partial charge is 0.355 e. The number of para-hydroxylation sites is 1. The molecule has 0 saturated heterocycles. The first-order chi connectivity index (χ1) is 9.20. The lowest BCUT2D eigenvalue weighted by atomic mass is 10.1. The Morgan fingerprint density at radius 1 is 1.32 bits per heavy atom. The Kier molecular flexibility index (Phi) is 4.22. The summed E-state index contributed by atoms with van der Waals surface area (Å²) in [6.45, 7) is 5.35. The molecule has 0 bridgehead atoms. The van der Waals surface area contributed by atoms with E-state index in [1.54, 1.807) is 7.11 Å². The molecule has 2 aromatic rings. The van der Waals surface area contributed by atoms with Crippen molar-refractivity contribution in [3.8, 4) is 0 Å². The highest BCUT2D eigenvalue weighted by atomic mass is 16.5. The van der Waals surface area contributed by atoms with Crippen molar-refractivity contribution in [3.05, 3.63) is 35.5 Å². The van der Waals surface area contributed by atoms with E-state index in [2.05, 4.69) is 0 Å². The molecule has 0 aliphatic carbocycles. The summed E-state index contributed by atoms with van der Waals surface area (Å²) in [6.07, 6.45) is 0. The Morgan fingerprint density at radius 2 is 2.05 bits per heavy atom. The van der Waals surface area contributed by atoms with Gasteiger partial charge in [-0.25, -0.2) is 4.79 Å². The molecule has 1 heterocycles. The Bertz CT molecular complexity index is 586. The van der Waals surface area contributed by atoms with E-state index >= 15 is 0 Å². The van der Waals surface area contributed by atoms with Crippen LogP contribution in [0.3, 0.4) is 0 Å². The summed E-state index contributed by atoms with van der Waals surface area (Å²) in [5.41, 5.74) is 2.63. The molecular weight excluding hydrogens is 242 g/mol. The van der Waals surface area contributed by atoms with Gasteiger partial charge >= 0.3 is 5.97 Å². The first kappa shape index (κ1) is 13.6. The first-order valence-corrected chi connectivity index (χ1v) is 6.44. The number of aryl methyl sites for hydroxylation is 1. The third kappa shape index (κ3) is 2.49. The molecule has 0 unspecified atom stereocenters. The van der Waals surface area contributed by atoms with Crippen molar-refractivity contribution < 1.29 is 14.3 Å². The number of rotatable bonds is 5. The quantitative estimate of drug-likeness (QED) is 0.777. The van der Waals surface area contributed by atoms with E-state index in [4.69, 9.17) is 9.47 Å². The van der Waals surface area contributed by atoms with Gasteiger partial charge in [-0.05, 0) is 25.5 Å². The average Bonchev–Trinajstić information content (AvgIpc) is 2.70. The van der Waals surface area contributed by atoms with Crippen LogP contribution >= 0.6 is 0 Å². The number of hydrogen-bond acceptors (Lipinski definition) is 3. The predicted molar refractivity (Wildman–Crippen MR) is 74.5 cm³/mol. The monoisotopic (exact) mass is 261 g/mol. The molecule has 0 N–H and O–H groups in total. The molecule has 0 aliphatic heterocycles. The molecule has 4 heteroatoms. The number of carbonyl (C=O) groups excluding carboxylic acids is 1.